The van der Waals surface area contributed by atoms with Gasteiger partial charge in [-0.1, -0.05) is 33.6 Å². The minimum atomic E-state index is -0.324. The van der Waals surface area contributed by atoms with Crippen molar-refractivity contribution in [3.63, 3.8) is 0 Å². The molecule has 1 aromatic carbocycles. The number of anilines is 1. The van der Waals surface area contributed by atoms with Crippen molar-refractivity contribution in [1.29, 1.82) is 0 Å². The van der Waals surface area contributed by atoms with E-state index in [4.69, 9.17) is 11.6 Å². The summed E-state index contributed by atoms with van der Waals surface area (Å²) in [5, 5.41) is 2.99. The van der Waals surface area contributed by atoms with Crippen LogP contribution < -0.4 is 5.32 Å². The van der Waals surface area contributed by atoms with E-state index in [1.807, 2.05) is 25.1 Å². The van der Waals surface area contributed by atoms with Gasteiger partial charge in [-0.2, -0.15) is 0 Å². The van der Waals surface area contributed by atoms with Crippen molar-refractivity contribution in [2.75, 3.05) is 5.32 Å². The summed E-state index contributed by atoms with van der Waals surface area (Å²) in [4.78, 5) is 19.6. The molecule has 0 saturated heterocycles. The number of halogens is 2. The Morgan fingerprint density at radius 3 is 2.72 bits per heavy atom. The number of hydrogen-bond donors (Lipinski definition) is 1. The van der Waals surface area contributed by atoms with Gasteiger partial charge < -0.3 is 5.32 Å². The van der Waals surface area contributed by atoms with Crippen LogP contribution in [0.2, 0.25) is 5.15 Å². The van der Waals surface area contributed by atoms with Crippen molar-refractivity contribution in [3.8, 4) is 0 Å². The molecule has 0 unspecified atom stereocenters. The third kappa shape index (κ3) is 3.05. The fourth-order valence-electron chi connectivity index (χ4n) is 1.30. The van der Waals surface area contributed by atoms with E-state index in [0.29, 0.717) is 5.69 Å². The molecule has 0 aliphatic rings. The summed E-state index contributed by atoms with van der Waals surface area (Å²) >= 11 is 9.01. The molecule has 1 N–H and O–H groups in total. The third-order valence-electron chi connectivity index (χ3n) is 2.28. The van der Waals surface area contributed by atoms with E-state index < -0.39 is 0 Å². The van der Waals surface area contributed by atoms with E-state index in [1.165, 1.54) is 12.4 Å². The first-order valence-electron chi connectivity index (χ1n) is 5.11. The molecule has 0 radical (unpaired) electrons. The number of nitrogens with one attached hydrogen (secondary N) is 1. The number of carbonyl (C=O) groups excluding carboxylic acids is 1. The van der Waals surface area contributed by atoms with E-state index in [9.17, 15) is 4.79 Å². The van der Waals surface area contributed by atoms with E-state index in [1.54, 1.807) is 0 Å². The van der Waals surface area contributed by atoms with Crippen LogP contribution in [0.25, 0.3) is 0 Å². The zero-order valence-corrected chi connectivity index (χ0v) is 11.8. The van der Waals surface area contributed by atoms with Gasteiger partial charge in [-0.3, -0.25) is 4.79 Å². The highest BCUT2D eigenvalue weighted by Gasteiger charge is 2.08. The molecule has 0 aliphatic heterocycles. The second-order valence-electron chi connectivity index (χ2n) is 3.64. The van der Waals surface area contributed by atoms with Crippen LogP contribution in [0.3, 0.4) is 0 Å². The predicted molar refractivity (Wildman–Crippen MR) is 73.9 cm³/mol. The maximum Gasteiger partial charge on any atom is 0.275 e. The van der Waals surface area contributed by atoms with Crippen LogP contribution in [0.15, 0.2) is 35.1 Å². The van der Waals surface area contributed by atoms with E-state index >= 15 is 0 Å². The Morgan fingerprint density at radius 2 is 2.11 bits per heavy atom. The van der Waals surface area contributed by atoms with Crippen molar-refractivity contribution in [2.24, 2.45) is 0 Å². The number of aromatic nitrogens is 2. The van der Waals surface area contributed by atoms with Crippen molar-refractivity contribution in [1.82, 2.24) is 9.97 Å². The maximum absolute atomic E-state index is 11.8. The first-order valence-corrected chi connectivity index (χ1v) is 6.28. The molecule has 6 heteroatoms. The molecule has 18 heavy (non-hydrogen) atoms. The van der Waals surface area contributed by atoms with Gasteiger partial charge in [0.1, 0.15) is 10.8 Å². The lowest BCUT2D eigenvalue weighted by Gasteiger charge is -2.06. The van der Waals surface area contributed by atoms with Gasteiger partial charge in [0, 0.05) is 10.2 Å². The zero-order valence-electron chi connectivity index (χ0n) is 9.45. The molecule has 2 rings (SSSR count). The number of hydrogen-bond acceptors (Lipinski definition) is 3. The number of rotatable bonds is 2. The van der Waals surface area contributed by atoms with Gasteiger partial charge >= 0.3 is 0 Å². The fourth-order valence-corrected chi connectivity index (χ4v) is 1.77. The number of carbonyl (C=O) groups is 1. The molecule has 0 saturated carbocycles. The summed E-state index contributed by atoms with van der Waals surface area (Å²) in [6.45, 7) is 1.97. The smallest absolute Gasteiger partial charge is 0.275 e. The maximum atomic E-state index is 11.8. The molecule has 0 spiro atoms. The van der Waals surface area contributed by atoms with Gasteiger partial charge in [0.15, 0.2) is 0 Å². The van der Waals surface area contributed by atoms with Crippen LogP contribution in [0.4, 0.5) is 5.69 Å². The minimum Gasteiger partial charge on any atom is -0.321 e. The lowest BCUT2D eigenvalue weighted by Crippen LogP contribution is -2.13. The van der Waals surface area contributed by atoms with Crippen LogP contribution in [0, 0.1) is 6.92 Å². The second kappa shape index (κ2) is 5.46. The third-order valence-corrected chi connectivity index (χ3v) is 3.33. The van der Waals surface area contributed by atoms with Crippen molar-refractivity contribution >= 4 is 39.1 Å². The average molecular weight is 327 g/mol. The number of aryl methyl sites for hydroxylation is 1. The Bertz CT molecular complexity index is 586. The molecular weight excluding hydrogens is 318 g/mol. The van der Waals surface area contributed by atoms with Gasteiger partial charge in [-0.25, -0.2) is 9.97 Å². The SMILES string of the molecule is Cc1ccc(NC(=O)c2cnc(Cl)cn2)cc1Br. The molecule has 1 amide bonds. The van der Waals surface area contributed by atoms with Crippen LogP contribution in [-0.2, 0) is 0 Å². The molecule has 0 fully saturated rings. The van der Waals surface area contributed by atoms with Gasteiger partial charge in [0.2, 0.25) is 0 Å². The normalized spacial score (nSPS) is 10.2. The minimum absolute atomic E-state index is 0.219. The molecule has 4 nitrogen and oxygen atoms in total. The van der Waals surface area contributed by atoms with Crippen LogP contribution in [0.1, 0.15) is 16.1 Å². The lowest BCUT2D eigenvalue weighted by molar-refractivity contribution is 0.102. The Balaban J connectivity index is 2.16. The highest BCUT2D eigenvalue weighted by molar-refractivity contribution is 9.10. The van der Waals surface area contributed by atoms with Crippen LogP contribution in [-0.4, -0.2) is 15.9 Å². The van der Waals surface area contributed by atoms with Gasteiger partial charge in [0.05, 0.1) is 12.4 Å². The molecule has 92 valence electrons. The average Bonchev–Trinajstić information content (AvgIpc) is 2.34. The number of amides is 1. The summed E-state index contributed by atoms with van der Waals surface area (Å²) in [5.74, 6) is -0.324. The highest BCUT2D eigenvalue weighted by atomic mass is 79.9. The predicted octanol–water partition coefficient (Wildman–Crippen LogP) is 3.45. The first-order chi connectivity index (χ1) is 8.56. The number of nitrogens with zero attached hydrogens (tertiary/aromatic N) is 2. The van der Waals surface area contributed by atoms with Crippen molar-refractivity contribution in [3.05, 3.63) is 51.5 Å². The van der Waals surface area contributed by atoms with Crippen LogP contribution >= 0.6 is 27.5 Å². The number of benzene rings is 1. The molecular formula is C12H9BrClN3O. The molecule has 1 aromatic heterocycles. The molecule has 0 aliphatic carbocycles. The largest absolute Gasteiger partial charge is 0.321 e. The molecule has 1 heterocycles. The quantitative estimate of drug-likeness (QED) is 0.919. The Labute approximate surface area is 118 Å². The Morgan fingerprint density at radius 1 is 1.33 bits per heavy atom. The lowest BCUT2D eigenvalue weighted by atomic mass is 10.2. The summed E-state index contributed by atoms with van der Waals surface area (Å²) < 4.78 is 0.933. The van der Waals surface area contributed by atoms with Crippen molar-refractivity contribution in [2.45, 2.75) is 6.92 Å². The van der Waals surface area contributed by atoms with E-state index in [-0.39, 0.29) is 16.8 Å². The molecule has 0 bridgehead atoms. The summed E-state index contributed by atoms with van der Waals surface area (Å²) in [6, 6.07) is 5.56. The first kappa shape index (κ1) is 13.0. The standard InChI is InChI=1S/C12H9BrClN3O/c1-7-2-3-8(4-9(7)13)17-12(18)10-5-16-11(14)6-15-10/h2-6H,1H3,(H,17,18). The Kier molecular flexibility index (Phi) is 3.93. The second-order valence-corrected chi connectivity index (χ2v) is 4.88. The fraction of sp³-hybridized carbons (Fsp3) is 0.0833. The molecule has 0 atom stereocenters. The summed E-state index contributed by atoms with van der Waals surface area (Å²) in [5.41, 5.74) is 2.00. The zero-order chi connectivity index (χ0) is 13.1. The van der Waals surface area contributed by atoms with E-state index in [0.717, 1.165) is 10.0 Å². The van der Waals surface area contributed by atoms with Crippen molar-refractivity contribution < 1.29 is 4.79 Å². The Hall–Kier alpha value is -1.46. The summed E-state index contributed by atoms with van der Waals surface area (Å²) in [7, 11) is 0. The monoisotopic (exact) mass is 325 g/mol. The topological polar surface area (TPSA) is 54.9 Å². The highest BCUT2D eigenvalue weighted by Crippen LogP contribution is 2.20. The van der Waals surface area contributed by atoms with E-state index in [2.05, 4.69) is 31.2 Å². The van der Waals surface area contributed by atoms with Gasteiger partial charge in [-0.05, 0) is 24.6 Å². The van der Waals surface area contributed by atoms with Gasteiger partial charge in [0.25, 0.3) is 5.91 Å². The van der Waals surface area contributed by atoms with Gasteiger partial charge in [-0.15, -0.1) is 0 Å². The molecule has 2 aromatic rings. The van der Waals surface area contributed by atoms with Crippen LogP contribution in [0.5, 0.6) is 0 Å². The summed E-state index contributed by atoms with van der Waals surface area (Å²) in [6.07, 6.45) is 2.67.